The molecule has 2 aromatic heterocycles. The van der Waals surface area contributed by atoms with Crippen LogP contribution in [0.2, 0.25) is 5.02 Å². The highest BCUT2D eigenvalue weighted by molar-refractivity contribution is 6.31. The van der Waals surface area contributed by atoms with Crippen LogP contribution in [0.4, 0.5) is 14.9 Å². The fraction of sp³-hybridized carbons (Fsp3) is 0.348. The minimum Gasteiger partial charge on any atom is -0.388 e. The standard InChI is InChI=1S/C23H24ClFN4O3/c1-14-3-4-17(9-15(14)2)27-22(31)29-7-5-23(25,6-8-29)21-19(24)10-16(12-26-21)20-11-18(13-30)32-28-20/h3-4,9-12,30H,5-8,13H2,1-2H3,(H,27,31). The molecule has 32 heavy (non-hydrogen) atoms. The maximum atomic E-state index is 15.7. The molecule has 0 radical (unpaired) electrons. The Labute approximate surface area is 190 Å². The summed E-state index contributed by atoms with van der Waals surface area (Å²) in [6, 6.07) is 8.63. The first-order valence-corrected chi connectivity index (χ1v) is 10.7. The number of aromatic nitrogens is 2. The van der Waals surface area contributed by atoms with E-state index in [-0.39, 0.29) is 49.3 Å². The van der Waals surface area contributed by atoms with Gasteiger partial charge in [-0.05, 0) is 43.2 Å². The number of nitrogens with zero attached hydrogens (tertiary/aromatic N) is 3. The van der Waals surface area contributed by atoms with E-state index < -0.39 is 5.67 Å². The topological polar surface area (TPSA) is 91.5 Å². The molecule has 0 saturated carbocycles. The summed E-state index contributed by atoms with van der Waals surface area (Å²) in [5, 5.41) is 16.0. The number of carbonyl (C=O) groups excluding carboxylic acids is 1. The number of benzene rings is 1. The predicted octanol–water partition coefficient (Wildman–Crippen LogP) is 4.99. The van der Waals surface area contributed by atoms with Gasteiger partial charge < -0.3 is 19.8 Å². The summed E-state index contributed by atoms with van der Waals surface area (Å²) in [6.45, 7) is 4.22. The molecule has 9 heteroatoms. The lowest BCUT2D eigenvalue weighted by molar-refractivity contribution is 0.0684. The Kier molecular flexibility index (Phi) is 6.17. The normalized spacial score (nSPS) is 15.6. The molecule has 1 saturated heterocycles. The summed E-state index contributed by atoms with van der Waals surface area (Å²) in [5.41, 5.74) is 2.41. The molecule has 0 unspecified atom stereocenters. The van der Waals surface area contributed by atoms with Crippen LogP contribution in [0.1, 0.15) is 35.4 Å². The number of pyridine rings is 1. The van der Waals surface area contributed by atoms with Crippen LogP contribution >= 0.6 is 11.6 Å². The zero-order chi connectivity index (χ0) is 22.9. The number of nitrogens with one attached hydrogen (secondary N) is 1. The molecule has 2 N–H and O–H groups in total. The van der Waals surface area contributed by atoms with E-state index >= 15 is 4.39 Å². The molecular formula is C23H24ClFN4O3. The van der Waals surface area contributed by atoms with Crippen LogP contribution in [0, 0.1) is 13.8 Å². The van der Waals surface area contributed by atoms with Crippen LogP contribution in [0.3, 0.4) is 0 Å². The molecule has 4 rings (SSSR count). The van der Waals surface area contributed by atoms with Gasteiger partial charge in [-0.25, -0.2) is 9.18 Å². The molecule has 0 atom stereocenters. The molecule has 1 aromatic carbocycles. The van der Waals surface area contributed by atoms with E-state index in [0.717, 1.165) is 11.1 Å². The number of anilines is 1. The lowest BCUT2D eigenvalue weighted by Gasteiger charge is -2.36. The first-order chi connectivity index (χ1) is 15.3. The molecule has 0 bridgehead atoms. The van der Waals surface area contributed by atoms with Gasteiger partial charge in [0, 0.05) is 49.4 Å². The molecule has 7 nitrogen and oxygen atoms in total. The van der Waals surface area contributed by atoms with Crippen molar-refractivity contribution in [1.29, 1.82) is 0 Å². The molecule has 168 valence electrons. The minimum absolute atomic E-state index is 0.0953. The first-order valence-electron chi connectivity index (χ1n) is 10.3. The first kappa shape index (κ1) is 22.2. The van der Waals surface area contributed by atoms with Gasteiger partial charge in [-0.15, -0.1) is 0 Å². The lowest BCUT2D eigenvalue weighted by atomic mass is 9.89. The number of carbonyl (C=O) groups is 1. The Bertz CT molecular complexity index is 1140. The van der Waals surface area contributed by atoms with Crippen molar-refractivity contribution in [3.63, 3.8) is 0 Å². The zero-order valence-electron chi connectivity index (χ0n) is 17.9. The molecule has 3 heterocycles. The third-order valence-electron chi connectivity index (χ3n) is 5.88. The third-order valence-corrected chi connectivity index (χ3v) is 6.17. The Balaban J connectivity index is 1.43. The molecular weight excluding hydrogens is 435 g/mol. The second-order valence-corrected chi connectivity index (χ2v) is 8.48. The molecule has 0 aliphatic carbocycles. The number of alkyl halides is 1. The molecule has 1 aliphatic rings. The molecule has 0 spiro atoms. The number of aliphatic hydroxyl groups excluding tert-OH is 1. The van der Waals surface area contributed by atoms with Crippen molar-refractivity contribution < 1.29 is 18.8 Å². The predicted molar refractivity (Wildman–Crippen MR) is 119 cm³/mol. The molecule has 3 aromatic rings. The minimum atomic E-state index is -1.73. The van der Waals surface area contributed by atoms with Crippen molar-refractivity contribution in [1.82, 2.24) is 15.0 Å². The van der Waals surface area contributed by atoms with E-state index in [1.165, 1.54) is 6.20 Å². The van der Waals surface area contributed by atoms with Gasteiger partial charge in [0.15, 0.2) is 11.4 Å². The Morgan fingerprint density at radius 2 is 2.00 bits per heavy atom. The van der Waals surface area contributed by atoms with Gasteiger partial charge in [-0.3, -0.25) is 4.98 Å². The number of hydrogen-bond donors (Lipinski definition) is 2. The highest BCUT2D eigenvalue weighted by Gasteiger charge is 2.40. The maximum Gasteiger partial charge on any atom is 0.321 e. The second-order valence-electron chi connectivity index (χ2n) is 8.07. The smallest absolute Gasteiger partial charge is 0.321 e. The van der Waals surface area contributed by atoms with Crippen LogP contribution < -0.4 is 5.32 Å². The van der Waals surface area contributed by atoms with Crippen molar-refractivity contribution in [2.24, 2.45) is 0 Å². The number of aliphatic hydroxyl groups is 1. The summed E-state index contributed by atoms with van der Waals surface area (Å²) in [4.78, 5) is 18.5. The summed E-state index contributed by atoms with van der Waals surface area (Å²) >= 11 is 6.37. The SMILES string of the molecule is Cc1ccc(NC(=O)N2CCC(F)(c3ncc(-c4cc(CO)on4)cc3Cl)CC2)cc1C. The highest BCUT2D eigenvalue weighted by atomic mass is 35.5. The fourth-order valence-electron chi connectivity index (χ4n) is 3.75. The van der Waals surface area contributed by atoms with Crippen LogP contribution in [-0.2, 0) is 12.3 Å². The summed E-state index contributed by atoms with van der Waals surface area (Å²) in [7, 11) is 0. The molecule has 2 amide bonds. The van der Waals surface area contributed by atoms with Crippen LogP contribution in [0.15, 0.2) is 41.1 Å². The lowest BCUT2D eigenvalue weighted by Crippen LogP contribution is -2.45. The number of rotatable bonds is 4. The van der Waals surface area contributed by atoms with Gasteiger partial charge in [0.25, 0.3) is 0 Å². The summed E-state index contributed by atoms with van der Waals surface area (Å²) < 4.78 is 20.7. The molecule has 1 fully saturated rings. The van der Waals surface area contributed by atoms with Gasteiger partial charge in [0.05, 0.1) is 10.7 Å². The number of halogens is 2. The van der Waals surface area contributed by atoms with Crippen LogP contribution in [0.5, 0.6) is 0 Å². The van der Waals surface area contributed by atoms with Crippen LogP contribution in [-0.4, -0.2) is 39.3 Å². The van der Waals surface area contributed by atoms with Gasteiger partial charge >= 0.3 is 6.03 Å². The van der Waals surface area contributed by atoms with Crippen LogP contribution in [0.25, 0.3) is 11.3 Å². The van der Waals surface area contributed by atoms with Gasteiger partial charge in [-0.2, -0.15) is 0 Å². The third kappa shape index (κ3) is 4.47. The number of amides is 2. The largest absolute Gasteiger partial charge is 0.388 e. The number of hydrogen-bond acceptors (Lipinski definition) is 5. The van der Waals surface area contributed by atoms with Crippen molar-refractivity contribution in [3.8, 4) is 11.3 Å². The summed E-state index contributed by atoms with van der Waals surface area (Å²) in [5.74, 6) is 0.314. The average molecular weight is 459 g/mol. The zero-order valence-corrected chi connectivity index (χ0v) is 18.6. The maximum absolute atomic E-state index is 15.7. The van der Waals surface area contributed by atoms with E-state index in [4.69, 9.17) is 21.2 Å². The van der Waals surface area contributed by atoms with E-state index in [2.05, 4.69) is 15.5 Å². The van der Waals surface area contributed by atoms with Crippen molar-refractivity contribution >= 4 is 23.3 Å². The van der Waals surface area contributed by atoms with Gasteiger partial charge in [0.2, 0.25) is 0 Å². The Morgan fingerprint density at radius 3 is 2.62 bits per heavy atom. The van der Waals surface area contributed by atoms with Crippen molar-refractivity contribution in [2.45, 2.75) is 39.0 Å². The average Bonchev–Trinajstić information content (AvgIpc) is 3.26. The van der Waals surface area contributed by atoms with Gasteiger partial charge in [-0.1, -0.05) is 22.8 Å². The molecule has 1 aliphatic heterocycles. The van der Waals surface area contributed by atoms with Gasteiger partial charge in [0.1, 0.15) is 12.3 Å². The number of piperidine rings is 1. The number of urea groups is 1. The second kappa shape index (κ2) is 8.88. The van der Waals surface area contributed by atoms with Crippen molar-refractivity contribution in [2.75, 3.05) is 18.4 Å². The number of likely N-dealkylation sites (tertiary alicyclic amines) is 1. The fourth-order valence-corrected chi connectivity index (χ4v) is 4.09. The van der Waals surface area contributed by atoms with Crippen molar-refractivity contribution in [3.05, 3.63) is 64.1 Å². The summed E-state index contributed by atoms with van der Waals surface area (Å²) in [6.07, 6.45) is 1.68. The van der Waals surface area contributed by atoms with E-state index in [1.54, 1.807) is 17.0 Å². The number of aryl methyl sites for hydroxylation is 2. The monoisotopic (exact) mass is 458 g/mol. The Hall–Kier alpha value is -2.97. The Morgan fingerprint density at radius 1 is 1.25 bits per heavy atom. The van der Waals surface area contributed by atoms with E-state index in [0.29, 0.717) is 22.7 Å². The highest BCUT2D eigenvalue weighted by Crippen LogP contribution is 2.40. The van der Waals surface area contributed by atoms with E-state index in [1.807, 2.05) is 32.0 Å². The van der Waals surface area contributed by atoms with E-state index in [9.17, 15) is 4.79 Å². The quantitative estimate of drug-likeness (QED) is 0.574.